The molecule has 1 unspecified atom stereocenters. The molecule has 10 N–H and O–H groups in total. The third kappa shape index (κ3) is 18.7. The second-order valence-electron chi connectivity index (χ2n) is 25.2. The summed E-state index contributed by atoms with van der Waals surface area (Å²) in [4.78, 5) is 84.7. The minimum atomic E-state index is -0.330. The summed E-state index contributed by atoms with van der Waals surface area (Å²) >= 11 is 0. The number of H-pyrrole nitrogens is 5. The highest BCUT2D eigenvalue weighted by Gasteiger charge is 2.20. The number of hydrogen-bond acceptors (Lipinski definition) is 7. The van der Waals surface area contributed by atoms with Crippen LogP contribution in [0.15, 0.2) is 273 Å². The van der Waals surface area contributed by atoms with Crippen LogP contribution in [-0.2, 0) is 0 Å². The highest BCUT2D eigenvalue weighted by Crippen LogP contribution is 2.26. The van der Waals surface area contributed by atoms with Gasteiger partial charge >= 0.3 is 0 Å². The van der Waals surface area contributed by atoms with Gasteiger partial charge in [-0.05, 0) is 202 Å². The van der Waals surface area contributed by atoms with E-state index in [0.717, 1.165) is 60.6 Å². The van der Waals surface area contributed by atoms with Gasteiger partial charge in [-0.15, -0.1) is 0 Å². The molecule has 0 radical (unpaired) electrons. The molecule has 9 aromatic carbocycles. The standard InChI is InChI=1S/C18H12FN3O.3C17H15FN2O.C16H14FN3O/c19-12-6-7-14-11(9-12)10-17(21-14)18(23)22-16-5-1-4-15-13(16)3-2-8-20-15;1-11(12-5-3-2-4-6-12)19-17(21)16-10-13-9-14(18)7-8-15(13)20-16;2*1-11(12-5-3-2-4-6-12)19-17(21)16-9-13-7-8-14(18)10-15(13)20-16;1-10(13-4-2-3-7-18-13)19-16(21)15-9-11-8-12(17)5-6-14(11)20-15/h1-10,21H,(H,22,23);3*2-11,20H,1H3,(H,19,21);2-10,20H,1H3,(H,19,21)/t;3*11-;/m.110./s1. The molecule has 7 heterocycles. The molecular formula is C85H71F5N12O5. The highest BCUT2D eigenvalue weighted by molar-refractivity contribution is 6.10. The van der Waals surface area contributed by atoms with Gasteiger partial charge in [-0.2, -0.15) is 0 Å². The molecule has 5 amide bonds. The van der Waals surface area contributed by atoms with E-state index in [1.165, 1.54) is 60.7 Å². The minimum absolute atomic E-state index is 0.0955. The molecule has 0 spiro atoms. The second-order valence-corrected chi connectivity index (χ2v) is 25.2. The van der Waals surface area contributed by atoms with Crippen LogP contribution in [0.3, 0.4) is 0 Å². The van der Waals surface area contributed by atoms with Gasteiger partial charge < -0.3 is 51.5 Å². The molecule has 0 fully saturated rings. The topological polar surface area (TPSA) is 250 Å². The predicted molar refractivity (Wildman–Crippen MR) is 408 cm³/mol. The van der Waals surface area contributed by atoms with Crippen LogP contribution < -0.4 is 26.6 Å². The van der Waals surface area contributed by atoms with E-state index < -0.39 is 0 Å². The first-order chi connectivity index (χ1) is 51.7. The van der Waals surface area contributed by atoms with Crippen molar-refractivity contribution in [2.45, 2.75) is 51.9 Å². The van der Waals surface area contributed by atoms with E-state index in [1.54, 1.807) is 73.1 Å². The van der Waals surface area contributed by atoms with Gasteiger partial charge in [0, 0.05) is 72.3 Å². The smallest absolute Gasteiger partial charge is 0.272 e. The molecule has 0 saturated carbocycles. The van der Waals surface area contributed by atoms with Crippen LogP contribution >= 0.6 is 0 Å². The lowest BCUT2D eigenvalue weighted by Gasteiger charge is -2.13. The number of halogens is 5. The molecule has 4 atom stereocenters. The van der Waals surface area contributed by atoms with E-state index in [-0.39, 0.29) is 82.8 Å². The van der Waals surface area contributed by atoms with E-state index in [9.17, 15) is 45.9 Å². The van der Waals surface area contributed by atoms with Crippen molar-refractivity contribution < 1.29 is 45.9 Å². The molecule has 0 aliphatic heterocycles. The van der Waals surface area contributed by atoms with E-state index in [1.807, 2.05) is 167 Å². The number of nitrogens with one attached hydrogen (secondary N) is 10. The third-order valence-electron chi connectivity index (χ3n) is 17.5. The van der Waals surface area contributed by atoms with Crippen LogP contribution in [0.2, 0.25) is 0 Å². The molecule has 16 aromatic rings. The number of fused-ring (bicyclic) bond motifs is 6. The first-order valence-corrected chi connectivity index (χ1v) is 34.1. The van der Waals surface area contributed by atoms with Crippen molar-refractivity contribution in [3.8, 4) is 0 Å². The maximum absolute atomic E-state index is 13.2. The zero-order valence-corrected chi connectivity index (χ0v) is 58.1. The Morgan fingerprint density at radius 1 is 0.299 bits per heavy atom. The van der Waals surface area contributed by atoms with Crippen molar-refractivity contribution >= 4 is 101 Å². The number of anilines is 1. The summed E-state index contributed by atoms with van der Waals surface area (Å²) in [5.41, 5.74) is 10.9. The summed E-state index contributed by atoms with van der Waals surface area (Å²) in [5, 5.41) is 19.0. The van der Waals surface area contributed by atoms with Crippen molar-refractivity contribution in [2.75, 3.05) is 5.32 Å². The number of carbonyl (C=O) groups excluding carboxylic acids is 5. The summed E-state index contributed by atoms with van der Waals surface area (Å²) in [6.07, 6.45) is 3.39. The number of pyridine rings is 2. The first kappa shape index (κ1) is 73.0. The number of benzene rings is 9. The van der Waals surface area contributed by atoms with Gasteiger partial charge in [0.2, 0.25) is 0 Å². The Bertz CT molecular complexity index is 5260. The van der Waals surface area contributed by atoms with Crippen LogP contribution in [0.4, 0.5) is 27.6 Å². The fourth-order valence-corrected chi connectivity index (χ4v) is 11.8. The van der Waals surface area contributed by atoms with Crippen LogP contribution in [-0.4, -0.2) is 64.4 Å². The Morgan fingerprint density at radius 3 is 1.05 bits per heavy atom. The molecule has 0 bridgehead atoms. The molecule has 16 rings (SSSR count). The summed E-state index contributed by atoms with van der Waals surface area (Å²) in [7, 11) is 0. The molecule has 536 valence electrons. The Balaban J connectivity index is 0.000000125. The van der Waals surface area contributed by atoms with E-state index in [2.05, 4.69) is 61.5 Å². The van der Waals surface area contributed by atoms with Crippen molar-refractivity contribution in [3.05, 3.63) is 353 Å². The molecule has 0 aliphatic rings. The Hall–Kier alpha value is -13.8. The number of carbonyl (C=O) groups is 5. The molecule has 0 aliphatic carbocycles. The molecule has 22 heteroatoms. The molecule has 0 saturated heterocycles. The quantitative estimate of drug-likeness (QED) is 0.0471. The summed E-state index contributed by atoms with van der Waals surface area (Å²) in [6, 6.07) is 73.9. The minimum Gasteiger partial charge on any atom is -0.351 e. The normalized spacial score (nSPS) is 12.0. The fraction of sp³-hybridized carbons (Fsp3) is 0.0941. The van der Waals surface area contributed by atoms with E-state index >= 15 is 0 Å². The van der Waals surface area contributed by atoms with Gasteiger partial charge in [0.25, 0.3) is 29.5 Å². The molecule has 107 heavy (non-hydrogen) atoms. The van der Waals surface area contributed by atoms with Crippen molar-refractivity contribution in [3.63, 3.8) is 0 Å². The van der Waals surface area contributed by atoms with Crippen LogP contribution in [0.1, 0.15) is 127 Å². The lowest BCUT2D eigenvalue weighted by Crippen LogP contribution is -2.27. The lowest BCUT2D eigenvalue weighted by atomic mass is 10.1. The molecule has 7 aromatic heterocycles. The maximum atomic E-state index is 13.2. The summed E-state index contributed by atoms with van der Waals surface area (Å²) < 4.78 is 65.9. The molecule has 17 nitrogen and oxygen atoms in total. The summed E-state index contributed by atoms with van der Waals surface area (Å²) in [5.74, 6) is -2.76. The summed E-state index contributed by atoms with van der Waals surface area (Å²) in [6.45, 7) is 7.64. The number of amides is 5. The SMILES string of the molecule is CC(NC(=O)c1cc2cc(F)ccc2[nH]1)c1ccccn1.C[C@@H](NC(=O)c1cc2cc(F)ccc2[nH]1)c1ccccc1.C[C@@H](NC(=O)c1cc2ccc(F)cc2[nH]1)c1ccccc1.C[C@H](NC(=O)c1cc2ccc(F)cc2[nH]1)c1ccccc1.O=C(Nc1cccc2ncccc12)c1cc2cc(F)ccc2[nH]1. The maximum Gasteiger partial charge on any atom is 0.272 e. The molecular weight excluding hydrogens is 1360 g/mol. The van der Waals surface area contributed by atoms with Crippen molar-refractivity contribution in [2.24, 2.45) is 0 Å². The number of aromatic nitrogens is 7. The Morgan fingerprint density at radius 2 is 0.645 bits per heavy atom. The van der Waals surface area contributed by atoms with Gasteiger partial charge in [-0.25, -0.2) is 22.0 Å². The second kappa shape index (κ2) is 33.6. The number of nitrogens with zero attached hydrogens (tertiary/aromatic N) is 2. The third-order valence-corrected chi connectivity index (χ3v) is 17.5. The van der Waals surface area contributed by atoms with Gasteiger partial charge in [0.05, 0.1) is 41.1 Å². The first-order valence-electron chi connectivity index (χ1n) is 34.1. The number of rotatable bonds is 14. The average molecular weight is 1440 g/mol. The Kier molecular flexibility index (Phi) is 22.9. The fourth-order valence-electron chi connectivity index (χ4n) is 11.8. The largest absolute Gasteiger partial charge is 0.351 e. The van der Waals surface area contributed by atoms with Crippen LogP contribution in [0.25, 0.3) is 65.4 Å². The van der Waals surface area contributed by atoms with Gasteiger partial charge in [0.1, 0.15) is 57.6 Å². The van der Waals surface area contributed by atoms with Crippen LogP contribution in [0, 0.1) is 29.1 Å². The van der Waals surface area contributed by atoms with Gasteiger partial charge in [-0.1, -0.05) is 103 Å². The Labute approximate surface area is 610 Å². The highest BCUT2D eigenvalue weighted by atomic mass is 19.1. The van der Waals surface area contributed by atoms with Gasteiger partial charge in [-0.3, -0.25) is 33.9 Å². The predicted octanol–water partition coefficient (Wildman–Crippen LogP) is 18.7. The van der Waals surface area contributed by atoms with Crippen molar-refractivity contribution in [1.29, 1.82) is 0 Å². The monoisotopic (exact) mass is 1430 g/mol. The zero-order chi connectivity index (χ0) is 75.1. The van der Waals surface area contributed by atoms with Crippen molar-refractivity contribution in [1.82, 2.24) is 56.2 Å². The average Bonchev–Trinajstić information content (AvgIpc) is 1.89. The zero-order valence-electron chi connectivity index (χ0n) is 58.1. The van der Waals surface area contributed by atoms with E-state index in [4.69, 9.17) is 0 Å². The number of hydrogen-bond donors (Lipinski definition) is 10. The van der Waals surface area contributed by atoms with Crippen LogP contribution in [0.5, 0.6) is 0 Å². The lowest BCUT2D eigenvalue weighted by molar-refractivity contribution is 0.0927. The van der Waals surface area contributed by atoms with E-state index in [0.29, 0.717) is 61.3 Å². The number of aromatic amines is 5. The van der Waals surface area contributed by atoms with Gasteiger partial charge in [0.15, 0.2) is 0 Å².